The highest BCUT2D eigenvalue weighted by molar-refractivity contribution is 5.57. The van der Waals surface area contributed by atoms with Crippen molar-refractivity contribution in [3.8, 4) is 11.6 Å². The van der Waals surface area contributed by atoms with Crippen molar-refractivity contribution in [3.63, 3.8) is 0 Å². The Labute approximate surface area is 96.9 Å². The topological polar surface area (TPSA) is 48.1 Å². The molecule has 0 saturated heterocycles. The number of aromatic nitrogens is 1. The summed E-state index contributed by atoms with van der Waals surface area (Å²) in [7, 11) is 0. The zero-order valence-corrected chi connectivity index (χ0v) is 9.08. The van der Waals surface area contributed by atoms with E-state index in [9.17, 15) is 8.78 Å². The van der Waals surface area contributed by atoms with Crippen molar-refractivity contribution >= 4 is 5.69 Å². The van der Waals surface area contributed by atoms with E-state index in [1.54, 1.807) is 25.1 Å². The van der Waals surface area contributed by atoms with Crippen LogP contribution in [0.5, 0.6) is 11.6 Å². The molecule has 2 aromatic rings. The SMILES string of the molecule is Cc1cccc(N)c1Oc1ncc(F)cc1F. The number of nitrogens with two attached hydrogens (primary N) is 1. The molecule has 17 heavy (non-hydrogen) atoms. The molecule has 0 aliphatic carbocycles. The fourth-order valence-electron chi connectivity index (χ4n) is 1.39. The smallest absolute Gasteiger partial charge is 0.256 e. The summed E-state index contributed by atoms with van der Waals surface area (Å²) >= 11 is 0. The maximum absolute atomic E-state index is 13.3. The first-order chi connectivity index (χ1) is 8.08. The van der Waals surface area contributed by atoms with Gasteiger partial charge in [0.1, 0.15) is 5.82 Å². The number of rotatable bonds is 2. The molecule has 0 atom stereocenters. The molecule has 0 bridgehead atoms. The van der Waals surface area contributed by atoms with Crippen LogP contribution in [0.3, 0.4) is 0 Å². The molecule has 88 valence electrons. The lowest BCUT2D eigenvalue weighted by Crippen LogP contribution is -1.98. The first kappa shape index (κ1) is 11.3. The highest BCUT2D eigenvalue weighted by atomic mass is 19.1. The lowest BCUT2D eigenvalue weighted by atomic mass is 10.2. The Morgan fingerprint density at radius 1 is 1.29 bits per heavy atom. The number of ether oxygens (including phenoxy) is 1. The molecule has 1 aromatic carbocycles. The number of nitrogens with zero attached hydrogens (tertiary/aromatic N) is 1. The average Bonchev–Trinajstić information content (AvgIpc) is 2.26. The second-order valence-corrected chi connectivity index (χ2v) is 3.54. The number of halogens is 2. The Hall–Kier alpha value is -2.17. The van der Waals surface area contributed by atoms with Gasteiger partial charge < -0.3 is 10.5 Å². The van der Waals surface area contributed by atoms with Crippen LogP contribution in [0.25, 0.3) is 0 Å². The monoisotopic (exact) mass is 236 g/mol. The molecule has 3 nitrogen and oxygen atoms in total. The van der Waals surface area contributed by atoms with Crippen LogP contribution >= 0.6 is 0 Å². The second kappa shape index (κ2) is 4.37. The Morgan fingerprint density at radius 2 is 2.06 bits per heavy atom. The van der Waals surface area contributed by atoms with Crippen molar-refractivity contribution in [1.82, 2.24) is 4.98 Å². The van der Waals surface area contributed by atoms with Gasteiger partial charge in [-0.25, -0.2) is 13.8 Å². The number of anilines is 1. The summed E-state index contributed by atoms with van der Waals surface area (Å²) in [5.41, 5.74) is 6.82. The Balaban J connectivity index is 2.38. The van der Waals surface area contributed by atoms with E-state index < -0.39 is 11.6 Å². The Kier molecular flexibility index (Phi) is 2.91. The fourth-order valence-corrected chi connectivity index (χ4v) is 1.39. The van der Waals surface area contributed by atoms with E-state index in [4.69, 9.17) is 10.5 Å². The maximum Gasteiger partial charge on any atom is 0.256 e. The van der Waals surface area contributed by atoms with Crippen molar-refractivity contribution in [2.45, 2.75) is 6.92 Å². The Bertz CT molecular complexity index is 538. The summed E-state index contributed by atoms with van der Waals surface area (Å²) in [6.45, 7) is 1.77. The summed E-state index contributed by atoms with van der Waals surface area (Å²) in [5, 5.41) is 0. The quantitative estimate of drug-likeness (QED) is 0.815. The molecule has 1 heterocycles. The summed E-state index contributed by atoms with van der Waals surface area (Å²) in [4.78, 5) is 3.53. The second-order valence-electron chi connectivity index (χ2n) is 3.54. The predicted octanol–water partition coefficient (Wildman–Crippen LogP) is 3.04. The lowest BCUT2D eigenvalue weighted by Gasteiger charge is -2.10. The minimum absolute atomic E-state index is 0.299. The van der Waals surface area contributed by atoms with Crippen LogP contribution in [0.2, 0.25) is 0 Å². The standard InChI is InChI=1S/C12H10F2N2O/c1-7-3-2-4-10(15)11(7)17-12-9(14)5-8(13)6-16-12/h2-6H,15H2,1H3. The largest absolute Gasteiger partial charge is 0.434 e. The van der Waals surface area contributed by atoms with E-state index in [1.165, 1.54) is 0 Å². The molecule has 1 aromatic heterocycles. The van der Waals surface area contributed by atoms with Crippen molar-refractivity contribution in [2.24, 2.45) is 0 Å². The van der Waals surface area contributed by atoms with Crippen molar-refractivity contribution < 1.29 is 13.5 Å². The van der Waals surface area contributed by atoms with E-state index in [0.717, 1.165) is 11.8 Å². The summed E-state index contributed by atoms with van der Waals surface area (Å²) < 4.78 is 31.2. The zero-order valence-electron chi connectivity index (χ0n) is 9.08. The number of hydrogen-bond donors (Lipinski definition) is 1. The number of aryl methyl sites for hydroxylation is 1. The summed E-state index contributed by atoms with van der Waals surface area (Å²) in [6, 6.07) is 5.86. The van der Waals surface area contributed by atoms with Gasteiger partial charge in [0.15, 0.2) is 11.6 Å². The summed E-state index contributed by atoms with van der Waals surface area (Å²) in [6.07, 6.45) is 0.882. The van der Waals surface area contributed by atoms with Crippen LogP contribution in [0.15, 0.2) is 30.5 Å². The number of nitrogen functional groups attached to an aromatic ring is 1. The van der Waals surface area contributed by atoms with Gasteiger partial charge >= 0.3 is 0 Å². The molecule has 0 aliphatic heterocycles. The van der Waals surface area contributed by atoms with E-state index in [0.29, 0.717) is 17.5 Å². The molecule has 2 rings (SSSR count). The third-order valence-corrected chi connectivity index (χ3v) is 2.22. The van der Waals surface area contributed by atoms with Gasteiger partial charge in [0.05, 0.1) is 11.9 Å². The maximum atomic E-state index is 13.3. The van der Waals surface area contributed by atoms with Gasteiger partial charge in [-0.05, 0) is 18.6 Å². The Morgan fingerprint density at radius 3 is 2.71 bits per heavy atom. The molecule has 2 N–H and O–H groups in total. The number of para-hydroxylation sites is 1. The number of pyridine rings is 1. The average molecular weight is 236 g/mol. The van der Waals surface area contributed by atoms with Crippen molar-refractivity contribution in [1.29, 1.82) is 0 Å². The van der Waals surface area contributed by atoms with Crippen LogP contribution in [0, 0.1) is 18.6 Å². The van der Waals surface area contributed by atoms with Gasteiger partial charge in [0.2, 0.25) is 0 Å². The molecule has 5 heteroatoms. The molecular formula is C12H10F2N2O. The highest BCUT2D eigenvalue weighted by Gasteiger charge is 2.11. The number of hydrogen-bond acceptors (Lipinski definition) is 3. The zero-order chi connectivity index (χ0) is 12.4. The molecular weight excluding hydrogens is 226 g/mol. The number of benzene rings is 1. The van der Waals surface area contributed by atoms with Crippen LogP contribution in [0.4, 0.5) is 14.5 Å². The molecule has 0 amide bonds. The first-order valence-corrected chi connectivity index (χ1v) is 4.92. The van der Waals surface area contributed by atoms with Gasteiger partial charge in [-0.2, -0.15) is 0 Å². The molecule has 0 aliphatic rings. The van der Waals surface area contributed by atoms with Gasteiger partial charge in [-0.15, -0.1) is 0 Å². The highest BCUT2D eigenvalue weighted by Crippen LogP contribution is 2.30. The van der Waals surface area contributed by atoms with Crippen LogP contribution in [-0.2, 0) is 0 Å². The predicted molar refractivity (Wildman–Crippen MR) is 59.8 cm³/mol. The minimum atomic E-state index is -0.868. The van der Waals surface area contributed by atoms with E-state index in [-0.39, 0.29) is 5.88 Å². The van der Waals surface area contributed by atoms with E-state index >= 15 is 0 Å². The van der Waals surface area contributed by atoms with E-state index in [2.05, 4.69) is 4.98 Å². The third-order valence-electron chi connectivity index (χ3n) is 2.22. The molecule has 0 radical (unpaired) electrons. The van der Waals surface area contributed by atoms with E-state index in [1.807, 2.05) is 0 Å². The van der Waals surface area contributed by atoms with Gasteiger partial charge in [-0.3, -0.25) is 0 Å². The fraction of sp³-hybridized carbons (Fsp3) is 0.0833. The van der Waals surface area contributed by atoms with Crippen LogP contribution in [0.1, 0.15) is 5.56 Å². The van der Waals surface area contributed by atoms with Crippen molar-refractivity contribution in [3.05, 3.63) is 47.7 Å². The van der Waals surface area contributed by atoms with Gasteiger partial charge in [0.25, 0.3) is 5.88 Å². The normalized spacial score (nSPS) is 10.3. The lowest BCUT2D eigenvalue weighted by molar-refractivity contribution is 0.416. The molecule has 0 fully saturated rings. The minimum Gasteiger partial charge on any atom is -0.434 e. The van der Waals surface area contributed by atoms with Crippen LogP contribution in [-0.4, -0.2) is 4.98 Å². The first-order valence-electron chi connectivity index (χ1n) is 4.92. The van der Waals surface area contributed by atoms with Crippen LogP contribution < -0.4 is 10.5 Å². The van der Waals surface area contributed by atoms with Gasteiger partial charge in [-0.1, -0.05) is 12.1 Å². The molecule has 0 spiro atoms. The summed E-state index contributed by atoms with van der Waals surface area (Å²) in [5.74, 6) is -1.60. The van der Waals surface area contributed by atoms with Crippen molar-refractivity contribution in [2.75, 3.05) is 5.73 Å². The third kappa shape index (κ3) is 2.33. The molecule has 0 unspecified atom stereocenters. The molecule has 0 saturated carbocycles. The van der Waals surface area contributed by atoms with Gasteiger partial charge in [0, 0.05) is 6.07 Å².